The molecule has 0 atom stereocenters. The van der Waals surface area contributed by atoms with Crippen LogP contribution < -0.4 is 10.6 Å². The fraction of sp³-hybridized carbons (Fsp3) is 0.0870. The predicted octanol–water partition coefficient (Wildman–Crippen LogP) is 3.86. The van der Waals surface area contributed by atoms with Gasteiger partial charge in [-0.15, -0.1) is 0 Å². The molecule has 0 saturated heterocycles. The minimum atomic E-state index is -0.401. The molecule has 0 fully saturated rings. The van der Waals surface area contributed by atoms with E-state index in [0.29, 0.717) is 17.0 Å². The molecule has 0 aliphatic carbocycles. The van der Waals surface area contributed by atoms with Crippen molar-refractivity contribution >= 4 is 17.5 Å². The summed E-state index contributed by atoms with van der Waals surface area (Å²) in [5.41, 5.74) is 3.06. The van der Waals surface area contributed by atoms with Crippen LogP contribution in [-0.2, 0) is 13.6 Å². The number of hydrogen-bond acceptors (Lipinski definition) is 4. The highest BCUT2D eigenvalue weighted by Gasteiger charge is 2.19. The number of carbonyl (C=O) groups is 2. The maximum absolute atomic E-state index is 12.7. The van der Waals surface area contributed by atoms with Crippen molar-refractivity contribution in [2.45, 2.75) is 6.54 Å². The van der Waals surface area contributed by atoms with Crippen LogP contribution >= 0.6 is 0 Å². The molecule has 7 heteroatoms. The van der Waals surface area contributed by atoms with Crippen molar-refractivity contribution < 1.29 is 14.0 Å². The molecule has 0 saturated carbocycles. The number of anilines is 1. The van der Waals surface area contributed by atoms with Gasteiger partial charge in [-0.25, -0.2) is 0 Å². The van der Waals surface area contributed by atoms with Crippen LogP contribution in [0.25, 0.3) is 11.1 Å². The van der Waals surface area contributed by atoms with Gasteiger partial charge in [-0.2, -0.15) is 5.10 Å². The van der Waals surface area contributed by atoms with Crippen molar-refractivity contribution in [1.29, 1.82) is 0 Å². The highest BCUT2D eigenvalue weighted by atomic mass is 16.3. The fourth-order valence-corrected chi connectivity index (χ4v) is 3.05. The minimum Gasteiger partial charge on any atom is -0.467 e. The van der Waals surface area contributed by atoms with Crippen LogP contribution in [0.5, 0.6) is 0 Å². The van der Waals surface area contributed by atoms with E-state index in [0.717, 1.165) is 11.1 Å². The van der Waals surface area contributed by atoms with Gasteiger partial charge in [0.25, 0.3) is 11.8 Å². The molecule has 2 heterocycles. The summed E-state index contributed by atoms with van der Waals surface area (Å²) in [5.74, 6) is -0.0900. The van der Waals surface area contributed by atoms with Gasteiger partial charge in [-0.05, 0) is 35.4 Å². The summed E-state index contributed by atoms with van der Waals surface area (Å²) in [4.78, 5) is 25.2. The van der Waals surface area contributed by atoms with E-state index in [1.54, 1.807) is 37.5 Å². The Bertz CT molecular complexity index is 1150. The molecule has 2 aromatic carbocycles. The first-order valence-electron chi connectivity index (χ1n) is 9.41. The number of carbonyl (C=O) groups excluding carboxylic acids is 2. The molecule has 0 aliphatic rings. The summed E-state index contributed by atoms with van der Waals surface area (Å²) < 4.78 is 6.69. The Morgan fingerprint density at radius 3 is 2.37 bits per heavy atom. The van der Waals surface area contributed by atoms with Crippen LogP contribution in [0.15, 0.2) is 83.6 Å². The molecule has 2 aromatic heterocycles. The summed E-state index contributed by atoms with van der Waals surface area (Å²) in [7, 11) is 1.69. The summed E-state index contributed by atoms with van der Waals surface area (Å²) in [6.45, 7) is 0.233. The number of nitrogens with one attached hydrogen (secondary N) is 2. The first-order valence-corrected chi connectivity index (χ1v) is 9.41. The minimum absolute atomic E-state index is 0.137. The number of furan rings is 1. The predicted molar refractivity (Wildman–Crippen MR) is 113 cm³/mol. The van der Waals surface area contributed by atoms with Gasteiger partial charge < -0.3 is 15.1 Å². The second kappa shape index (κ2) is 8.48. The lowest BCUT2D eigenvalue weighted by atomic mass is 10.0. The topological polar surface area (TPSA) is 89.2 Å². The number of rotatable bonds is 6. The quantitative estimate of drug-likeness (QED) is 0.514. The SMILES string of the molecule is Cn1cc(NC(=O)c2ccc(-c3ccccc3)cc2)c(C(=O)NCc2ccco2)n1. The zero-order valence-corrected chi connectivity index (χ0v) is 16.3. The zero-order chi connectivity index (χ0) is 20.9. The van der Waals surface area contributed by atoms with Crippen molar-refractivity contribution in [3.8, 4) is 11.1 Å². The number of benzene rings is 2. The van der Waals surface area contributed by atoms with E-state index in [1.165, 1.54) is 10.9 Å². The van der Waals surface area contributed by atoms with E-state index < -0.39 is 5.91 Å². The molecular formula is C23H20N4O3. The summed E-state index contributed by atoms with van der Waals surface area (Å²) in [6, 6.07) is 20.7. The summed E-state index contributed by atoms with van der Waals surface area (Å²) in [6.07, 6.45) is 3.13. The van der Waals surface area contributed by atoms with Gasteiger partial charge in [0, 0.05) is 18.8 Å². The third kappa shape index (κ3) is 4.30. The number of amides is 2. The molecule has 0 unspecified atom stereocenters. The highest BCUT2D eigenvalue weighted by Crippen LogP contribution is 2.20. The number of nitrogens with zero attached hydrogens (tertiary/aromatic N) is 2. The summed E-state index contributed by atoms with van der Waals surface area (Å²) in [5, 5.41) is 9.68. The highest BCUT2D eigenvalue weighted by molar-refractivity contribution is 6.08. The van der Waals surface area contributed by atoms with E-state index >= 15 is 0 Å². The molecule has 30 heavy (non-hydrogen) atoms. The van der Waals surface area contributed by atoms with Gasteiger partial charge in [0.05, 0.1) is 18.5 Å². The molecule has 7 nitrogen and oxygen atoms in total. The second-order valence-electron chi connectivity index (χ2n) is 6.72. The Balaban J connectivity index is 1.46. The van der Waals surface area contributed by atoms with Gasteiger partial charge in [0.2, 0.25) is 0 Å². The van der Waals surface area contributed by atoms with Crippen molar-refractivity contribution in [2.24, 2.45) is 7.05 Å². The normalized spacial score (nSPS) is 10.6. The van der Waals surface area contributed by atoms with E-state index in [9.17, 15) is 9.59 Å². The smallest absolute Gasteiger partial charge is 0.274 e. The Morgan fingerprint density at radius 2 is 1.67 bits per heavy atom. The molecule has 0 bridgehead atoms. The van der Waals surface area contributed by atoms with Gasteiger partial charge in [-0.1, -0.05) is 42.5 Å². The maximum Gasteiger partial charge on any atom is 0.274 e. The van der Waals surface area contributed by atoms with Crippen LogP contribution in [0.2, 0.25) is 0 Å². The Labute approximate surface area is 173 Å². The van der Waals surface area contributed by atoms with E-state index in [-0.39, 0.29) is 18.1 Å². The van der Waals surface area contributed by atoms with Gasteiger partial charge in [0.1, 0.15) is 5.76 Å². The van der Waals surface area contributed by atoms with Gasteiger partial charge >= 0.3 is 0 Å². The molecule has 2 amide bonds. The Hall–Kier alpha value is -4.13. The second-order valence-corrected chi connectivity index (χ2v) is 6.72. The average molecular weight is 400 g/mol. The number of aryl methyl sites for hydroxylation is 1. The van der Waals surface area contributed by atoms with Crippen LogP contribution in [-0.4, -0.2) is 21.6 Å². The lowest BCUT2D eigenvalue weighted by molar-refractivity contribution is 0.0943. The standard InChI is InChI=1S/C23H20N4O3/c1-27-15-20(21(26-27)23(29)24-14-19-8-5-13-30-19)25-22(28)18-11-9-17(10-12-18)16-6-3-2-4-7-16/h2-13,15H,14H2,1H3,(H,24,29)(H,25,28). The molecule has 0 spiro atoms. The van der Waals surface area contributed by atoms with Crippen LogP contribution in [0.4, 0.5) is 5.69 Å². The lowest BCUT2D eigenvalue weighted by Crippen LogP contribution is -2.25. The van der Waals surface area contributed by atoms with Crippen molar-refractivity contribution in [3.05, 3.63) is 96.2 Å². The maximum atomic E-state index is 12.7. The molecule has 150 valence electrons. The monoisotopic (exact) mass is 400 g/mol. The van der Waals surface area contributed by atoms with Crippen LogP contribution in [0.1, 0.15) is 26.6 Å². The molecule has 0 radical (unpaired) electrons. The Morgan fingerprint density at radius 1 is 0.933 bits per heavy atom. The first kappa shape index (κ1) is 19.2. The van der Waals surface area contributed by atoms with E-state index in [2.05, 4.69) is 15.7 Å². The molecule has 0 aliphatic heterocycles. The largest absolute Gasteiger partial charge is 0.467 e. The number of aromatic nitrogens is 2. The molecule has 2 N–H and O–H groups in total. The van der Waals surface area contributed by atoms with E-state index in [4.69, 9.17) is 4.42 Å². The summed E-state index contributed by atoms with van der Waals surface area (Å²) >= 11 is 0. The third-order valence-corrected chi connectivity index (χ3v) is 4.55. The van der Waals surface area contributed by atoms with Crippen molar-refractivity contribution in [3.63, 3.8) is 0 Å². The Kier molecular flexibility index (Phi) is 5.43. The average Bonchev–Trinajstić information content (AvgIpc) is 3.42. The van der Waals surface area contributed by atoms with Crippen LogP contribution in [0, 0.1) is 0 Å². The van der Waals surface area contributed by atoms with Gasteiger partial charge in [-0.3, -0.25) is 14.3 Å². The van der Waals surface area contributed by atoms with Gasteiger partial charge in [0.15, 0.2) is 5.69 Å². The number of hydrogen-bond donors (Lipinski definition) is 2. The van der Waals surface area contributed by atoms with Crippen LogP contribution in [0.3, 0.4) is 0 Å². The lowest BCUT2D eigenvalue weighted by Gasteiger charge is -2.07. The van der Waals surface area contributed by atoms with E-state index in [1.807, 2.05) is 42.5 Å². The molecule has 4 rings (SSSR count). The third-order valence-electron chi connectivity index (χ3n) is 4.55. The van der Waals surface area contributed by atoms with Crippen molar-refractivity contribution in [2.75, 3.05) is 5.32 Å². The zero-order valence-electron chi connectivity index (χ0n) is 16.3. The molecule has 4 aromatic rings. The molecular weight excluding hydrogens is 380 g/mol. The fourth-order valence-electron chi connectivity index (χ4n) is 3.05. The van der Waals surface area contributed by atoms with Crippen molar-refractivity contribution in [1.82, 2.24) is 15.1 Å². The first-order chi connectivity index (χ1) is 14.6.